The first-order valence-electron chi connectivity index (χ1n) is 6.22. The summed E-state index contributed by atoms with van der Waals surface area (Å²) < 4.78 is 0. The quantitative estimate of drug-likeness (QED) is 0.661. The molecule has 4 N–H and O–H groups in total. The molecular formula is C12H24N2O2. The molecule has 1 fully saturated rings. The van der Waals surface area contributed by atoms with Gasteiger partial charge in [0.05, 0.1) is 6.10 Å². The Labute approximate surface area is 97.6 Å². The van der Waals surface area contributed by atoms with E-state index >= 15 is 0 Å². The number of rotatable bonds is 4. The summed E-state index contributed by atoms with van der Waals surface area (Å²) in [6.07, 6.45) is 3.18. The molecule has 1 rings (SSSR count). The van der Waals surface area contributed by atoms with Gasteiger partial charge in [-0.2, -0.15) is 0 Å². The predicted octanol–water partition coefficient (Wildman–Crippen LogP) is 0.637. The Balaban J connectivity index is 2.25. The van der Waals surface area contributed by atoms with Crippen molar-refractivity contribution in [3.8, 4) is 0 Å². The van der Waals surface area contributed by atoms with Crippen LogP contribution in [0, 0.1) is 11.8 Å². The SMILES string of the molecule is CC(C)C(O)CNC(=O)C1CCC(N)CC1. The van der Waals surface area contributed by atoms with Crippen molar-refractivity contribution in [1.82, 2.24) is 5.32 Å². The van der Waals surface area contributed by atoms with Crippen molar-refractivity contribution in [1.29, 1.82) is 0 Å². The number of aliphatic hydroxyl groups excluding tert-OH is 1. The van der Waals surface area contributed by atoms with E-state index in [0.29, 0.717) is 6.54 Å². The number of carbonyl (C=O) groups is 1. The van der Waals surface area contributed by atoms with Crippen LogP contribution in [0.4, 0.5) is 0 Å². The second kappa shape index (κ2) is 6.21. The molecule has 0 spiro atoms. The molecule has 4 nitrogen and oxygen atoms in total. The lowest BCUT2D eigenvalue weighted by atomic mass is 9.86. The summed E-state index contributed by atoms with van der Waals surface area (Å²) in [5, 5.41) is 12.4. The van der Waals surface area contributed by atoms with E-state index in [1.807, 2.05) is 13.8 Å². The lowest BCUT2D eigenvalue weighted by molar-refractivity contribution is -0.126. The lowest BCUT2D eigenvalue weighted by Crippen LogP contribution is -2.40. The number of nitrogens with one attached hydrogen (secondary N) is 1. The average Bonchev–Trinajstić information content (AvgIpc) is 2.26. The highest BCUT2D eigenvalue weighted by Gasteiger charge is 2.24. The highest BCUT2D eigenvalue weighted by atomic mass is 16.3. The third-order valence-corrected chi connectivity index (χ3v) is 3.40. The van der Waals surface area contributed by atoms with Gasteiger partial charge in [0.25, 0.3) is 0 Å². The topological polar surface area (TPSA) is 75.3 Å². The molecule has 0 aliphatic heterocycles. The normalized spacial score (nSPS) is 27.8. The first-order chi connectivity index (χ1) is 7.50. The Kier molecular flexibility index (Phi) is 5.22. The molecule has 0 radical (unpaired) electrons. The monoisotopic (exact) mass is 228 g/mol. The van der Waals surface area contributed by atoms with E-state index < -0.39 is 6.10 Å². The lowest BCUT2D eigenvalue weighted by Gasteiger charge is -2.26. The fourth-order valence-electron chi connectivity index (χ4n) is 1.97. The summed E-state index contributed by atoms with van der Waals surface area (Å²) >= 11 is 0. The first-order valence-corrected chi connectivity index (χ1v) is 6.22. The Morgan fingerprint density at radius 1 is 1.38 bits per heavy atom. The first kappa shape index (κ1) is 13.5. The summed E-state index contributed by atoms with van der Waals surface area (Å²) in [5.74, 6) is 0.353. The van der Waals surface area contributed by atoms with E-state index in [0.717, 1.165) is 25.7 Å². The van der Waals surface area contributed by atoms with Crippen LogP contribution in [0.15, 0.2) is 0 Å². The van der Waals surface area contributed by atoms with Gasteiger partial charge in [-0.15, -0.1) is 0 Å². The van der Waals surface area contributed by atoms with Gasteiger partial charge in [-0.1, -0.05) is 13.8 Å². The van der Waals surface area contributed by atoms with Gasteiger partial charge in [0.2, 0.25) is 5.91 Å². The molecule has 0 aromatic heterocycles. The molecule has 4 heteroatoms. The van der Waals surface area contributed by atoms with Crippen LogP contribution >= 0.6 is 0 Å². The second-order valence-corrected chi connectivity index (χ2v) is 5.17. The van der Waals surface area contributed by atoms with Crippen molar-refractivity contribution < 1.29 is 9.90 Å². The van der Waals surface area contributed by atoms with E-state index in [1.54, 1.807) is 0 Å². The molecule has 1 aliphatic carbocycles. The molecule has 1 atom stereocenters. The maximum atomic E-state index is 11.8. The fraction of sp³-hybridized carbons (Fsp3) is 0.917. The molecule has 0 aromatic rings. The maximum Gasteiger partial charge on any atom is 0.223 e. The van der Waals surface area contributed by atoms with Crippen LogP contribution in [0.2, 0.25) is 0 Å². The molecule has 1 amide bonds. The smallest absolute Gasteiger partial charge is 0.223 e. The molecule has 0 heterocycles. The standard InChI is InChI=1S/C12H24N2O2/c1-8(2)11(15)7-14-12(16)9-3-5-10(13)6-4-9/h8-11,15H,3-7,13H2,1-2H3,(H,14,16). The third kappa shape index (κ3) is 4.10. The minimum atomic E-state index is -0.449. The largest absolute Gasteiger partial charge is 0.391 e. The van der Waals surface area contributed by atoms with Crippen LogP contribution in [0.3, 0.4) is 0 Å². The van der Waals surface area contributed by atoms with Gasteiger partial charge >= 0.3 is 0 Å². The molecule has 16 heavy (non-hydrogen) atoms. The summed E-state index contributed by atoms with van der Waals surface area (Å²) in [6.45, 7) is 4.24. The number of hydrogen-bond donors (Lipinski definition) is 3. The van der Waals surface area contributed by atoms with Gasteiger partial charge in [0, 0.05) is 18.5 Å². The highest BCUT2D eigenvalue weighted by molar-refractivity contribution is 5.78. The Bertz CT molecular complexity index is 223. The number of carbonyl (C=O) groups excluding carboxylic acids is 1. The van der Waals surface area contributed by atoms with Gasteiger partial charge in [-0.3, -0.25) is 4.79 Å². The van der Waals surface area contributed by atoms with Crippen molar-refractivity contribution in [2.24, 2.45) is 17.6 Å². The summed E-state index contributed by atoms with van der Waals surface area (Å²) in [7, 11) is 0. The summed E-state index contributed by atoms with van der Waals surface area (Å²) in [6, 6.07) is 0.269. The van der Waals surface area contributed by atoms with E-state index in [4.69, 9.17) is 5.73 Å². The van der Waals surface area contributed by atoms with Crippen LogP contribution < -0.4 is 11.1 Å². The van der Waals surface area contributed by atoms with Crippen molar-refractivity contribution in [2.75, 3.05) is 6.54 Å². The fourth-order valence-corrected chi connectivity index (χ4v) is 1.97. The minimum Gasteiger partial charge on any atom is -0.391 e. The van der Waals surface area contributed by atoms with Crippen molar-refractivity contribution >= 4 is 5.91 Å². The molecule has 1 saturated carbocycles. The highest BCUT2D eigenvalue weighted by Crippen LogP contribution is 2.23. The molecule has 94 valence electrons. The molecule has 1 unspecified atom stereocenters. The zero-order chi connectivity index (χ0) is 12.1. The van der Waals surface area contributed by atoms with E-state index in [2.05, 4.69) is 5.32 Å². The zero-order valence-corrected chi connectivity index (χ0v) is 10.3. The van der Waals surface area contributed by atoms with Crippen LogP contribution in [0.1, 0.15) is 39.5 Å². The molecule has 0 saturated heterocycles. The number of nitrogens with two attached hydrogens (primary N) is 1. The maximum absolute atomic E-state index is 11.8. The van der Waals surface area contributed by atoms with E-state index in [9.17, 15) is 9.90 Å². The average molecular weight is 228 g/mol. The minimum absolute atomic E-state index is 0.0756. The van der Waals surface area contributed by atoms with Crippen molar-refractivity contribution in [3.05, 3.63) is 0 Å². The van der Waals surface area contributed by atoms with Crippen molar-refractivity contribution in [2.45, 2.75) is 51.7 Å². The number of aliphatic hydroxyl groups is 1. The molecule has 0 bridgehead atoms. The number of amides is 1. The van der Waals surface area contributed by atoms with E-state index in [1.165, 1.54) is 0 Å². The van der Waals surface area contributed by atoms with Crippen LogP contribution in [-0.4, -0.2) is 29.7 Å². The predicted molar refractivity (Wildman–Crippen MR) is 63.8 cm³/mol. The molecular weight excluding hydrogens is 204 g/mol. The number of hydrogen-bond acceptors (Lipinski definition) is 3. The third-order valence-electron chi connectivity index (χ3n) is 3.40. The Hall–Kier alpha value is -0.610. The summed E-state index contributed by atoms with van der Waals surface area (Å²) in [4.78, 5) is 11.8. The molecule has 0 aromatic carbocycles. The van der Waals surface area contributed by atoms with Crippen LogP contribution in [0.5, 0.6) is 0 Å². The Morgan fingerprint density at radius 3 is 2.44 bits per heavy atom. The van der Waals surface area contributed by atoms with Gasteiger partial charge in [-0.25, -0.2) is 0 Å². The van der Waals surface area contributed by atoms with Gasteiger partial charge in [0.1, 0.15) is 0 Å². The van der Waals surface area contributed by atoms with Gasteiger partial charge in [0.15, 0.2) is 0 Å². The zero-order valence-electron chi connectivity index (χ0n) is 10.3. The van der Waals surface area contributed by atoms with Gasteiger partial charge in [-0.05, 0) is 31.6 Å². The van der Waals surface area contributed by atoms with Crippen LogP contribution in [0.25, 0.3) is 0 Å². The van der Waals surface area contributed by atoms with Crippen LogP contribution in [-0.2, 0) is 4.79 Å². The second-order valence-electron chi connectivity index (χ2n) is 5.17. The van der Waals surface area contributed by atoms with E-state index in [-0.39, 0.29) is 23.8 Å². The molecule has 1 aliphatic rings. The van der Waals surface area contributed by atoms with Crippen molar-refractivity contribution in [3.63, 3.8) is 0 Å². The summed E-state index contributed by atoms with van der Waals surface area (Å²) in [5.41, 5.74) is 5.79. The Morgan fingerprint density at radius 2 is 1.94 bits per heavy atom. The van der Waals surface area contributed by atoms with Gasteiger partial charge < -0.3 is 16.2 Å².